The van der Waals surface area contributed by atoms with Gasteiger partial charge in [0.15, 0.2) is 0 Å². The molecule has 5 rings (SSSR count). The normalized spacial score (nSPS) is 19.0. The Morgan fingerprint density at radius 3 is 2.58 bits per heavy atom. The van der Waals surface area contributed by atoms with Gasteiger partial charge in [-0.3, -0.25) is 0 Å². The van der Waals surface area contributed by atoms with Crippen LogP contribution in [0.4, 0.5) is 0 Å². The van der Waals surface area contributed by atoms with Crippen LogP contribution in [-0.4, -0.2) is 24.4 Å². The van der Waals surface area contributed by atoms with Gasteiger partial charge in [-0.15, -0.1) is 0 Å². The lowest BCUT2D eigenvalue weighted by Crippen LogP contribution is -2.33. The van der Waals surface area contributed by atoms with Crippen molar-refractivity contribution in [2.75, 3.05) is 13.7 Å². The Morgan fingerprint density at radius 2 is 1.84 bits per heavy atom. The first kappa shape index (κ1) is 19.2. The van der Waals surface area contributed by atoms with Gasteiger partial charge in [0.05, 0.1) is 18.9 Å². The molecule has 156 valence electrons. The number of hydrogen-bond acceptors (Lipinski definition) is 5. The van der Waals surface area contributed by atoms with E-state index in [1.165, 1.54) is 0 Å². The molecule has 2 heterocycles. The van der Waals surface area contributed by atoms with Crippen LogP contribution < -0.4 is 14.2 Å². The molecule has 5 heteroatoms. The van der Waals surface area contributed by atoms with E-state index in [2.05, 4.69) is 29.8 Å². The van der Waals surface area contributed by atoms with E-state index in [-0.39, 0.29) is 12.3 Å². The van der Waals surface area contributed by atoms with E-state index in [1.54, 1.807) is 13.2 Å². The lowest BCUT2D eigenvalue weighted by molar-refractivity contribution is -0.0191. The van der Waals surface area contributed by atoms with Crippen LogP contribution in [-0.2, 0) is 0 Å². The highest BCUT2D eigenvalue weighted by Crippen LogP contribution is 2.48. The van der Waals surface area contributed by atoms with Gasteiger partial charge in [0.1, 0.15) is 23.9 Å². The molecule has 0 N–H and O–H groups in total. The number of benzene rings is 3. The van der Waals surface area contributed by atoms with Crippen LogP contribution in [0, 0.1) is 0 Å². The van der Waals surface area contributed by atoms with Gasteiger partial charge >= 0.3 is 0 Å². The van der Waals surface area contributed by atoms with E-state index in [9.17, 15) is 0 Å². The van der Waals surface area contributed by atoms with Crippen LogP contribution in [0.3, 0.4) is 0 Å². The molecule has 0 saturated carbocycles. The van der Waals surface area contributed by atoms with Gasteiger partial charge in [0.25, 0.3) is 0 Å². The quantitative estimate of drug-likeness (QED) is 0.501. The van der Waals surface area contributed by atoms with Gasteiger partial charge < -0.3 is 14.2 Å². The Bertz CT molecular complexity index is 1110. The molecule has 2 atom stereocenters. The fourth-order valence-corrected chi connectivity index (χ4v) is 4.10. The van der Waals surface area contributed by atoms with Crippen molar-refractivity contribution in [2.24, 2.45) is 5.10 Å². The first-order valence-electron chi connectivity index (χ1n) is 10.4. The number of nitrogens with zero attached hydrogens (tertiary/aromatic N) is 2. The molecule has 0 amide bonds. The summed E-state index contributed by atoms with van der Waals surface area (Å²) in [6.07, 6.45) is 2.23. The van der Waals surface area contributed by atoms with E-state index in [0.29, 0.717) is 6.61 Å². The van der Waals surface area contributed by atoms with Crippen molar-refractivity contribution >= 4 is 5.71 Å². The van der Waals surface area contributed by atoms with Crippen molar-refractivity contribution < 1.29 is 14.2 Å². The van der Waals surface area contributed by atoms with Crippen molar-refractivity contribution in [3.8, 4) is 17.2 Å². The van der Waals surface area contributed by atoms with Crippen molar-refractivity contribution in [1.29, 1.82) is 0 Å². The zero-order valence-corrected chi connectivity index (χ0v) is 17.4. The smallest absolute Gasteiger partial charge is 0.213 e. The lowest BCUT2D eigenvalue weighted by Gasteiger charge is -2.38. The summed E-state index contributed by atoms with van der Waals surface area (Å²) in [5.74, 6) is 2.48. The molecule has 3 aromatic carbocycles. The maximum Gasteiger partial charge on any atom is 0.213 e. The van der Waals surface area contributed by atoms with Gasteiger partial charge in [-0.25, -0.2) is 5.01 Å². The minimum Gasteiger partial charge on any atom is -0.497 e. The van der Waals surface area contributed by atoms with Crippen molar-refractivity contribution in [1.82, 2.24) is 5.01 Å². The molecular formula is C26H24N2O3. The van der Waals surface area contributed by atoms with Gasteiger partial charge in [0, 0.05) is 17.5 Å². The van der Waals surface area contributed by atoms with Crippen molar-refractivity contribution in [3.63, 3.8) is 0 Å². The third-order valence-electron chi connectivity index (χ3n) is 5.64. The number of ether oxygens (including phenoxy) is 3. The van der Waals surface area contributed by atoms with Gasteiger partial charge in [0.2, 0.25) is 6.23 Å². The summed E-state index contributed by atoms with van der Waals surface area (Å²) in [4.78, 5) is 0. The summed E-state index contributed by atoms with van der Waals surface area (Å²) in [6, 6.07) is 24.4. The Balaban J connectivity index is 1.53. The van der Waals surface area contributed by atoms with Crippen molar-refractivity contribution in [2.45, 2.75) is 18.7 Å². The zero-order valence-electron chi connectivity index (χ0n) is 17.4. The molecule has 5 nitrogen and oxygen atoms in total. The van der Waals surface area contributed by atoms with E-state index >= 15 is 0 Å². The van der Waals surface area contributed by atoms with Crippen LogP contribution in [0.15, 0.2) is 90.6 Å². The predicted molar refractivity (Wildman–Crippen MR) is 121 cm³/mol. The molecule has 2 aliphatic heterocycles. The second-order valence-electron chi connectivity index (χ2n) is 7.56. The lowest BCUT2D eigenvalue weighted by atomic mass is 9.95. The third-order valence-corrected chi connectivity index (χ3v) is 5.64. The molecule has 0 aromatic heterocycles. The predicted octanol–water partition coefficient (Wildman–Crippen LogP) is 5.50. The first-order valence-corrected chi connectivity index (χ1v) is 10.4. The number of rotatable bonds is 6. The topological polar surface area (TPSA) is 43.3 Å². The summed E-state index contributed by atoms with van der Waals surface area (Å²) >= 11 is 0. The summed E-state index contributed by atoms with van der Waals surface area (Å²) in [5, 5.41) is 7.08. The van der Waals surface area contributed by atoms with E-state index in [0.717, 1.165) is 46.1 Å². The largest absolute Gasteiger partial charge is 0.497 e. The fraction of sp³-hybridized carbons (Fsp3) is 0.192. The second kappa shape index (κ2) is 8.19. The Labute approximate surface area is 182 Å². The molecule has 0 fully saturated rings. The van der Waals surface area contributed by atoms with E-state index in [4.69, 9.17) is 19.3 Å². The summed E-state index contributed by atoms with van der Waals surface area (Å²) in [6.45, 7) is 4.17. The molecule has 0 aliphatic carbocycles. The van der Waals surface area contributed by atoms with Crippen LogP contribution in [0.1, 0.15) is 35.4 Å². The maximum absolute atomic E-state index is 6.44. The highest BCUT2D eigenvalue weighted by atomic mass is 16.5. The van der Waals surface area contributed by atoms with Crippen LogP contribution >= 0.6 is 0 Å². The number of methoxy groups -OCH3 is 1. The minimum atomic E-state index is -0.319. The second-order valence-corrected chi connectivity index (χ2v) is 7.56. The Hall–Kier alpha value is -3.73. The third kappa shape index (κ3) is 3.63. The Morgan fingerprint density at radius 1 is 1.06 bits per heavy atom. The standard InChI is InChI=1S/C26H24N2O3/c1-3-15-30-20-11-9-19(10-12-20)26-28-24(17-23(27-28)18-7-5-4-6-8-18)22-16-21(29-2)13-14-25(22)31-26/h3-14,16,24,26H,1,15,17H2,2H3/t24-,26-/m1/s1. The summed E-state index contributed by atoms with van der Waals surface area (Å²) < 4.78 is 17.5. The highest BCUT2D eigenvalue weighted by Gasteiger charge is 2.41. The molecule has 0 radical (unpaired) electrons. The molecule has 0 spiro atoms. The van der Waals surface area contributed by atoms with Crippen LogP contribution in [0.25, 0.3) is 0 Å². The van der Waals surface area contributed by atoms with Crippen LogP contribution in [0.2, 0.25) is 0 Å². The molecule has 0 bridgehead atoms. The molecule has 0 unspecified atom stereocenters. The van der Waals surface area contributed by atoms with Crippen LogP contribution in [0.5, 0.6) is 17.2 Å². The molecule has 31 heavy (non-hydrogen) atoms. The number of fused-ring (bicyclic) bond motifs is 3. The van der Waals surface area contributed by atoms with E-state index < -0.39 is 0 Å². The maximum atomic E-state index is 6.44. The summed E-state index contributed by atoms with van der Waals surface area (Å²) in [7, 11) is 1.68. The van der Waals surface area contributed by atoms with Gasteiger partial charge in [-0.1, -0.05) is 43.0 Å². The van der Waals surface area contributed by atoms with Crippen molar-refractivity contribution in [3.05, 3.63) is 102 Å². The average Bonchev–Trinajstić information content (AvgIpc) is 3.29. The minimum absolute atomic E-state index is 0.0794. The summed E-state index contributed by atoms with van der Waals surface area (Å²) in [5.41, 5.74) is 4.31. The van der Waals surface area contributed by atoms with Gasteiger partial charge in [-0.05, 0) is 48.0 Å². The number of hydrogen-bond donors (Lipinski definition) is 0. The van der Waals surface area contributed by atoms with E-state index in [1.807, 2.05) is 54.6 Å². The number of hydrazone groups is 1. The molecule has 2 aliphatic rings. The highest BCUT2D eigenvalue weighted by molar-refractivity contribution is 6.01. The first-order chi connectivity index (χ1) is 15.3. The zero-order chi connectivity index (χ0) is 21.2. The van der Waals surface area contributed by atoms with Gasteiger partial charge in [-0.2, -0.15) is 5.10 Å². The fourth-order valence-electron chi connectivity index (χ4n) is 4.10. The molecule has 0 saturated heterocycles. The molecular weight excluding hydrogens is 388 g/mol. The monoisotopic (exact) mass is 412 g/mol. The average molecular weight is 412 g/mol. The molecule has 3 aromatic rings. The SMILES string of the molecule is C=CCOc1ccc([C@H]2Oc3ccc(OC)cc3[C@H]3CC(c4ccccc4)=NN32)cc1. The Kier molecular flexibility index (Phi) is 5.08.